The molecule has 2 nitrogen and oxygen atoms in total. The van der Waals surface area contributed by atoms with Gasteiger partial charge in [-0.2, -0.15) is 0 Å². The highest BCUT2D eigenvalue weighted by Crippen LogP contribution is 2.17. The first kappa shape index (κ1) is 12.8. The zero-order chi connectivity index (χ0) is 12.0. The van der Waals surface area contributed by atoms with Crippen LogP contribution >= 0.6 is 11.6 Å². The summed E-state index contributed by atoms with van der Waals surface area (Å²) in [6, 6.07) is 7.63. The summed E-state index contributed by atoms with van der Waals surface area (Å²) in [6.07, 6.45) is 3.76. The molecule has 0 amide bonds. The molecule has 3 heteroatoms. The summed E-state index contributed by atoms with van der Waals surface area (Å²) in [5.74, 6) is -0.738. The van der Waals surface area contributed by atoms with Crippen LogP contribution in [0.15, 0.2) is 30.3 Å². The van der Waals surface area contributed by atoms with Crippen molar-refractivity contribution in [2.75, 3.05) is 0 Å². The number of unbranched alkanes of at least 4 members (excludes halogenated alkanes) is 1. The van der Waals surface area contributed by atoms with Crippen LogP contribution in [0.3, 0.4) is 0 Å². The molecule has 0 atom stereocenters. The fourth-order valence-electron chi connectivity index (χ4n) is 1.40. The molecule has 0 aliphatic rings. The van der Waals surface area contributed by atoms with Crippen molar-refractivity contribution in [1.82, 2.24) is 0 Å². The lowest BCUT2D eigenvalue weighted by Gasteiger charge is -2.01. The number of allylic oxidation sites excluding steroid dienone is 2. The van der Waals surface area contributed by atoms with Crippen LogP contribution in [-0.4, -0.2) is 11.1 Å². The number of carboxylic acids is 1. The quantitative estimate of drug-likeness (QED) is 0.788. The van der Waals surface area contributed by atoms with E-state index in [-0.39, 0.29) is 6.42 Å². The van der Waals surface area contributed by atoms with E-state index in [4.69, 9.17) is 16.7 Å². The SMILES string of the molecule is C/C(=C\CCCC(=O)O)c1ccc(Cl)cc1. The van der Waals surface area contributed by atoms with Gasteiger partial charge >= 0.3 is 5.97 Å². The third-order valence-electron chi connectivity index (χ3n) is 2.34. The van der Waals surface area contributed by atoms with Crippen molar-refractivity contribution in [1.29, 1.82) is 0 Å². The van der Waals surface area contributed by atoms with Crippen molar-refractivity contribution in [3.8, 4) is 0 Å². The fourth-order valence-corrected chi connectivity index (χ4v) is 1.53. The highest BCUT2D eigenvalue weighted by Gasteiger charge is 1.97. The van der Waals surface area contributed by atoms with Crippen LogP contribution in [-0.2, 0) is 4.79 Å². The predicted molar refractivity (Wildman–Crippen MR) is 66.6 cm³/mol. The topological polar surface area (TPSA) is 37.3 Å². The second kappa shape index (κ2) is 6.33. The smallest absolute Gasteiger partial charge is 0.303 e. The second-order valence-corrected chi connectivity index (χ2v) is 4.12. The highest BCUT2D eigenvalue weighted by molar-refractivity contribution is 6.30. The molecule has 16 heavy (non-hydrogen) atoms. The summed E-state index contributed by atoms with van der Waals surface area (Å²) in [6.45, 7) is 2.02. The van der Waals surface area contributed by atoms with Gasteiger partial charge in [0.15, 0.2) is 0 Å². The number of aliphatic carboxylic acids is 1. The molecule has 0 heterocycles. The largest absolute Gasteiger partial charge is 0.481 e. The van der Waals surface area contributed by atoms with Crippen molar-refractivity contribution in [2.24, 2.45) is 0 Å². The minimum Gasteiger partial charge on any atom is -0.481 e. The standard InChI is InChI=1S/C13H15ClO2/c1-10(4-2-3-5-13(15)16)11-6-8-12(14)9-7-11/h4,6-9H,2-3,5H2,1H3,(H,15,16)/b10-4+. The summed E-state index contributed by atoms with van der Waals surface area (Å²) < 4.78 is 0. The minimum absolute atomic E-state index is 0.227. The average Bonchev–Trinajstić information content (AvgIpc) is 2.25. The first-order valence-electron chi connectivity index (χ1n) is 5.24. The summed E-state index contributed by atoms with van der Waals surface area (Å²) in [5.41, 5.74) is 2.28. The van der Waals surface area contributed by atoms with Crippen molar-refractivity contribution in [3.63, 3.8) is 0 Å². The Morgan fingerprint density at radius 2 is 2.00 bits per heavy atom. The molecular weight excluding hydrogens is 224 g/mol. The molecular formula is C13H15ClO2. The molecule has 0 unspecified atom stereocenters. The first-order chi connectivity index (χ1) is 7.59. The molecule has 86 valence electrons. The fraction of sp³-hybridized carbons (Fsp3) is 0.308. The van der Waals surface area contributed by atoms with E-state index in [1.165, 1.54) is 0 Å². The number of hydrogen-bond acceptors (Lipinski definition) is 1. The Morgan fingerprint density at radius 3 is 2.56 bits per heavy atom. The number of halogens is 1. The molecule has 0 aliphatic heterocycles. The van der Waals surface area contributed by atoms with Gasteiger partial charge in [-0.15, -0.1) is 0 Å². The van der Waals surface area contributed by atoms with Gasteiger partial charge in [-0.05, 0) is 43.0 Å². The summed E-state index contributed by atoms with van der Waals surface area (Å²) in [5, 5.41) is 9.22. The third kappa shape index (κ3) is 4.49. The van der Waals surface area contributed by atoms with E-state index in [9.17, 15) is 4.79 Å². The van der Waals surface area contributed by atoms with Gasteiger partial charge in [-0.25, -0.2) is 0 Å². The minimum atomic E-state index is -0.738. The monoisotopic (exact) mass is 238 g/mol. The Balaban J connectivity index is 2.50. The van der Waals surface area contributed by atoms with Gasteiger partial charge in [0.05, 0.1) is 0 Å². The van der Waals surface area contributed by atoms with E-state index < -0.39 is 5.97 Å². The predicted octanol–water partition coefficient (Wildman–Crippen LogP) is 4.00. The molecule has 0 radical (unpaired) electrons. The van der Waals surface area contributed by atoms with Crippen LogP contribution in [0.1, 0.15) is 31.7 Å². The zero-order valence-electron chi connectivity index (χ0n) is 9.24. The van der Waals surface area contributed by atoms with Crippen LogP contribution in [0.5, 0.6) is 0 Å². The Hall–Kier alpha value is -1.28. The number of carbonyl (C=O) groups is 1. The molecule has 0 aromatic heterocycles. The summed E-state index contributed by atoms with van der Waals surface area (Å²) in [4.78, 5) is 10.3. The van der Waals surface area contributed by atoms with Crippen LogP contribution in [0.4, 0.5) is 0 Å². The molecule has 1 aromatic carbocycles. The lowest BCUT2D eigenvalue weighted by Crippen LogP contribution is -1.92. The van der Waals surface area contributed by atoms with Crippen molar-refractivity contribution >= 4 is 23.1 Å². The maximum atomic E-state index is 10.3. The summed E-state index contributed by atoms with van der Waals surface area (Å²) >= 11 is 5.79. The van der Waals surface area contributed by atoms with Gasteiger partial charge in [0.2, 0.25) is 0 Å². The van der Waals surface area contributed by atoms with Crippen LogP contribution in [0.2, 0.25) is 5.02 Å². The maximum Gasteiger partial charge on any atom is 0.303 e. The third-order valence-corrected chi connectivity index (χ3v) is 2.60. The van der Waals surface area contributed by atoms with E-state index in [0.29, 0.717) is 6.42 Å². The molecule has 0 bridgehead atoms. The van der Waals surface area contributed by atoms with E-state index in [2.05, 4.69) is 6.08 Å². The van der Waals surface area contributed by atoms with Gasteiger partial charge in [0.25, 0.3) is 0 Å². The van der Waals surface area contributed by atoms with E-state index >= 15 is 0 Å². The van der Waals surface area contributed by atoms with Gasteiger partial charge in [-0.1, -0.05) is 29.8 Å². The van der Waals surface area contributed by atoms with Gasteiger partial charge < -0.3 is 5.11 Å². The Labute approximate surface area is 101 Å². The van der Waals surface area contributed by atoms with Crippen molar-refractivity contribution in [2.45, 2.75) is 26.2 Å². The molecule has 0 saturated heterocycles. The molecule has 1 rings (SSSR count). The second-order valence-electron chi connectivity index (χ2n) is 3.68. The number of carboxylic acid groups (broad SMARTS) is 1. The van der Waals surface area contributed by atoms with Crippen LogP contribution in [0, 0.1) is 0 Å². The Bertz CT molecular complexity index is 379. The lowest BCUT2D eigenvalue weighted by atomic mass is 10.1. The Kier molecular flexibility index (Phi) is 5.06. The van der Waals surface area contributed by atoms with E-state index in [1.54, 1.807) is 0 Å². The van der Waals surface area contributed by atoms with E-state index in [0.717, 1.165) is 22.6 Å². The maximum absolute atomic E-state index is 10.3. The highest BCUT2D eigenvalue weighted by atomic mass is 35.5. The van der Waals surface area contributed by atoms with Crippen molar-refractivity contribution in [3.05, 3.63) is 40.9 Å². The average molecular weight is 239 g/mol. The molecule has 1 aromatic rings. The zero-order valence-corrected chi connectivity index (χ0v) is 10.00. The van der Waals surface area contributed by atoms with Gasteiger partial charge in [0, 0.05) is 11.4 Å². The van der Waals surface area contributed by atoms with E-state index in [1.807, 2.05) is 31.2 Å². The van der Waals surface area contributed by atoms with Gasteiger partial charge in [-0.3, -0.25) is 4.79 Å². The first-order valence-corrected chi connectivity index (χ1v) is 5.62. The number of rotatable bonds is 5. The van der Waals surface area contributed by atoms with Crippen molar-refractivity contribution < 1.29 is 9.90 Å². The summed E-state index contributed by atoms with van der Waals surface area (Å²) in [7, 11) is 0. The normalized spacial score (nSPS) is 11.5. The van der Waals surface area contributed by atoms with Crippen LogP contribution in [0.25, 0.3) is 5.57 Å². The lowest BCUT2D eigenvalue weighted by molar-refractivity contribution is -0.137. The van der Waals surface area contributed by atoms with Gasteiger partial charge in [0.1, 0.15) is 0 Å². The molecule has 0 spiro atoms. The molecule has 1 N–H and O–H groups in total. The Morgan fingerprint density at radius 1 is 1.38 bits per heavy atom. The number of benzene rings is 1. The van der Waals surface area contributed by atoms with Crippen LogP contribution < -0.4 is 0 Å². The molecule has 0 aliphatic carbocycles. The molecule has 0 saturated carbocycles. The number of hydrogen-bond donors (Lipinski definition) is 1. The molecule has 0 fully saturated rings.